The Morgan fingerprint density at radius 1 is 1.47 bits per heavy atom. The van der Waals surface area contributed by atoms with Gasteiger partial charge >= 0.3 is 0 Å². The predicted octanol–water partition coefficient (Wildman–Crippen LogP) is 1.77. The fourth-order valence-electron chi connectivity index (χ4n) is 2.18. The van der Waals surface area contributed by atoms with Crippen molar-refractivity contribution in [2.75, 3.05) is 31.6 Å². The molecule has 1 aliphatic rings. The molecule has 0 aliphatic carbocycles. The van der Waals surface area contributed by atoms with Gasteiger partial charge in [-0.05, 0) is 37.7 Å². The molecule has 1 heterocycles. The minimum Gasteiger partial charge on any atom is -0.375 e. The summed E-state index contributed by atoms with van der Waals surface area (Å²) in [4.78, 5) is 2.18. The lowest BCUT2D eigenvalue weighted by Gasteiger charge is -2.33. The Morgan fingerprint density at radius 3 is 3.00 bits per heavy atom. The maximum absolute atomic E-state index is 13.5. The molecule has 2 rings (SSSR count). The van der Waals surface area contributed by atoms with E-state index in [1.807, 2.05) is 20.0 Å². The zero-order valence-corrected chi connectivity index (χ0v) is 10.4. The van der Waals surface area contributed by atoms with Crippen molar-refractivity contribution in [3.63, 3.8) is 0 Å². The molecule has 4 heteroatoms. The Kier molecular flexibility index (Phi) is 3.97. The Bertz CT molecular complexity index is 384. The summed E-state index contributed by atoms with van der Waals surface area (Å²) >= 11 is 0. The van der Waals surface area contributed by atoms with Crippen LogP contribution in [0.2, 0.25) is 0 Å². The van der Waals surface area contributed by atoms with Crippen LogP contribution in [0.4, 0.5) is 10.1 Å². The summed E-state index contributed by atoms with van der Waals surface area (Å²) in [6, 6.07) is 5.21. The van der Waals surface area contributed by atoms with E-state index in [1.165, 1.54) is 0 Å². The second kappa shape index (κ2) is 5.47. The highest BCUT2D eigenvalue weighted by Crippen LogP contribution is 2.21. The molecule has 17 heavy (non-hydrogen) atoms. The van der Waals surface area contributed by atoms with Crippen LogP contribution in [-0.4, -0.2) is 32.8 Å². The van der Waals surface area contributed by atoms with Crippen molar-refractivity contribution in [2.45, 2.75) is 19.6 Å². The standard InChI is InChI=1S/C13H19FN2O/c1-10-9-16(3-4-17-10)13-6-11(8-15-2)5-12(14)7-13/h5-7,10,15H,3-4,8-9H2,1-2H3. The number of benzene rings is 1. The second-order valence-corrected chi connectivity index (χ2v) is 4.48. The topological polar surface area (TPSA) is 24.5 Å². The average molecular weight is 238 g/mol. The van der Waals surface area contributed by atoms with Crippen molar-refractivity contribution in [3.8, 4) is 0 Å². The van der Waals surface area contributed by atoms with Crippen LogP contribution in [-0.2, 0) is 11.3 Å². The molecule has 1 saturated heterocycles. The van der Waals surface area contributed by atoms with Gasteiger partial charge in [0, 0.05) is 25.3 Å². The molecule has 1 aromatic carbocycles. The molecule has 1 atom stereocenters. The molecule has 1 N–H and O–H groups in total. The first kappa shape index (κ1) is 12.3. The molecule has 3 nitrogen and oxygen atoms in total. The highest BCUT2D eigenvalue weighted by Gasteiger charge is 2.17. The second-order valence-electron chi connectivity index (χ2n) is 4.48. The van der Waals surface area contributed by atoms with Crippen molar-refractivity contribution < 1.29 is 9.13 Å². The van der Waals surface area contributed by atoms with Gasteiger partial charge in [0.25, 0.3) is 0 Å². The highest BCUT2D eigenvalue weighted by atomic mass is 19.1. The Morgan fingerprint density at radius 2 is 2.29 bits per heavy atom. The van der Waals surface area contributed by atoms with Gasteiger partial charge < -0.3 is 15.0 Å². The van der Waals surface area contributed by atoms with E-state index in [1.54, 1.807) is 12.1 Å². The quantitative estimate of drug-likeness (QED) is 0.868. The molecule has 1 aromatic rings. The van der Waals surface area contributed by atoms with E-state index in [-0.39, 0.29) is 11.9 Å². The summed E-state index contributed by atoms with van der Waals surface area (Å²) in [5.41, 5.74) is 1.92. The van der Waals surface area contributed by atoms with Crippen LogP contribution in [0, 0.1) is 5.82 Å². The zero-order chi connectivity index (χ0) is 12.3. The maximum Gasteiger partial charge on any atom is 0.125 e. The molecular weight excluding hydrogens is 219 g/mol. The van der Waals surface area contributed by atoms with Crippen LogP contribution >= 0.6 is 0 Å². The van der Waals surface area contributed by atoms with Crippen molar-refractivity contribution in [1.82, 2.24) is 5.32 Å². The van der Waals surface area contributed by atoms with Crippen molar-refractivity contribution in [3.05, 3.63) is 29.6 Å². The molecule has 0 amide bonds. The minimum absolute atomic E-state index is 0.174. The monoisotopic (exact) mass is 238 g/mol. The number of nitrogens with one attached hydrogen (secondary N) is 1. The molecule has 0 spiro atoms. The minimum atomic E-state index is -0.174. The van der Waals surface area contributed by atoms with Crippen LogP contribution < -0.4 is 10.2 Å². The largest absolute Gasteiger partial charge is 0.375 e. The third kappa shape index (κ3) is 3.17. The van der Waals surface area contributed by atoms with Crippen LogP contribution in [0.15, 0.2) is 18.2 Å². The average Bonchev–Trinajstić information content (AvgIpc) is 2.28. The lowest BCUT2D eigenvalue weighted by Crippen LogP contribution is -2.41. The number of hydrogen-bond donors (Lipinski definition) is 1. The lowest BCUT2D eigenvalue weighted by molar-refractivity contribution is 0.0532. The molecule has 0 saturated carbocycles. The van der Waals surface area contributed by atoms with Crippen molar-refractivity contribution in [1.29, 1.82) is 0 Å². The van der Waals surface area contributed by atoms with Gasteiger partial charge in [-0.25, -0.2) is 4.39 Å². The number of halogens is 1. The molecule has 94 valence electrons. The van der Waals surface area contributed by atoms with E-state index < -0.39 is 0 Å². The fraction of sp³-hybridized carbons (Fsp3) is 0.538. The molecule has 0 radical (unpaired) electrons. The maximum atomic E-state index is 13.5. The summed E-state index contributed by atoms with van der Waals surface area (Å²) in [5.74, 6) is -0.174. The zero-order valence-electron chi connectivity index (χ0n) is 10.4. The van der Waals surface area contributed by atoms with E-state index in [9.17, 15) is 4.39 Å². The molecule has 0 aromatic heterocycles. The van der Waals surface area contributed by atoms with E-state index in [0.29, 0.717) is 13.2 Å². The van der Waals surface area contributed by atoms with Gasteiger partial charge in [0.2, 0.25) is 0 Å². The molecule has 0 bridgehead atoms. The molecule has 1 unspecified atom stereocenters. The fourth-order valence-corrected chi connectivity index (χ4v) is 2.18. The third-order valence-corrected chi connectivity index (χ3v) is 2.93. The molecule has 1 aliphatic heterocycles. The SMILES string of the molecule is CNCc1cc(F)cc(N2CCOC(C)C2)c1. The van der Waals surface area contributed by atoms with Gasteiger partial charge in [-0.1, -0.05) is 0 Å². The number of rotatable bonds is 3. The summed E-state index contributed by atoms with van der Waals surface area (Å²) in [6.07, 6.45) is 0.208. The summed E-state index contributed by atoms with van der Waals surface area (Å²) in [7, 11) is 1.86. The third-order valence-electron chi connectivity index (χ3n) is 2.93. The van der Waals surface area contributed by atoms with Gasteiger partial charge in [-0.15, -0.1) is 0 Å². The predicted molar refractivity (Wildman–Crippen MR) is 66.8 cm³/mol. The highest BCUT2D eigenvalue weighted by molar-refractivity contribution is 5.49. The number of ether oxygens (including phenoxy) is 1. The summed E-state index contributed by atoms with van der Waals surface area (Å²) in [6.45, 7) is 5.08. The Balaban J connectivity index is 2.18. The molecule has 1 fully saturated rings. The van der Waals surface area contributed by atoms with Crippen LogP contribution in [0.25, 0.3) is 0 Å². The first-order chi connectivity index (χ1) is 8.19. The Hall–Kier alpha value is -1.13. The van der Waals surface area contributed by atoms with Crippen LogP contribution in [0.3, 0.4) is 0 Å². The lowest BCUT2D eigenvalue weighted by atomic mass is 10.1. The normalized spacial score (nSPS) is 20.6. The summed E-state index contributed by atoms with van der Waals surface area (Å²) < 4.78 is 19.0. The Labute approximate surface area is 102 Å². The van der Waals surface area contributed by atoms with Crippen molar-refractivity contribution >= 4 is 5.69 Å². The van der Waals surface area contributed by atoms with E-state index >= 15 is 0 Å². The molecular formula is C13H19FN2O. The van der Waals surface area contributed by atoms with E-state index in [0.717, 1.165) is 24.3 Å². The number of anilines is 1. The first-order valence-corrected chi connectivity index (χ1v) is 5.99. The van der Waals surface area contributed by atoms with Gasteiger partial charge in [-0.2, -0.15) is 0 Å². The smallest absolute Gasteiger partial charge is 0.125 e. The number of nitrogens with zero attached hydrogens (tertiary/aromatic N) is 1. The first-order valence-electron chi connectivity index (χ1n) is 5.99. The number of hydrogen-bond acceptors (Lipinski definition) is 3. The van der Waals surface area contributed by atoms with E-state index in [4.69, 9.17) is 4.74 Å². The number of morpholine rings is 1. The van der Waals surface area contributed by atoms with Gasteiger partial charge in [0.1, 0.15) is 5.82 Å². The van der Waals surface area contributed by atoms with Gasteiger partial charge in [0.05, 0.1) is 12.7 Å². The van der Waals surface area contributed by atoms with Crippen LogP contribution in [0.5, 0.6) is 0 Å². The van der Waals surface area contributed by atoms with Gasteiger partial charge in [-0.3, -0.25) is 0 Å². The summed E-state index contributed by atoms with van der Waals surface area (Å²) in [5, 5.41) is 3.04. The van der Waals surface area contributed by atoms with Gasteiger partial charge in [0.15, 0.2) is 0 Å². The van der Waals surface area contributed by atoms with Crippen molar-refractivity contribution in [2.24, 2.45) is 0 Å². The van der Waals surface area contributed by atoms with E-state index in [2.05, 4.69) is 10.2 Å². The van der Waals surface area contributed by atoms with Crippen LogP contribution in [0.1, 0.15) is 12.5 Å².